The zero-order valence-electron chi connectivity index (χ0n) is 10.8. The molecule has 4 aliphatic rings. The van der Waals surface area contributed by atoms with Gasteiger partial charge in [-0.05, 0) is 67.1 Å². The van der Waals surface area contributed by atoms with Crippen molar-refractivity contribution in [3.05, 3.63) is 0 Å². The fourth-order valence-electron chi connectivity index (χ4n) is 6.30. The molecular formula is C14H26N2. The van der Waals surface area contributed by atoms with Gasteiger partial charge in [-0.25, -0.2) is 0 Å². The quantitative estimate of drug-likeness (QED) is 0.569. The highest BCUT2D eigenvalue weighted by Gasteiger charge is 2.59. The van der Waals surface area contributed by atoms with Crippen molar-refractivity contribution in [2.45, 2.75) is 58.8 Å². The van der Waals surface area contributed by atoms with E-state index in [4.69, 9.17) is 5.84 Å². The number of nitrogens with two attached hydrogens (primary N) is 1. The van der Waals surface area contributed by atoms with Crippen molar-refractivity contribution in [3.63, 3.8) is 0 Å². The van der Waals surface area contributed by atoms with Gasteiger partial charge in [-0.2, -0.15) is 0 Å². The van der Waals surface area contributed by atoms with Crippen LogP contribution in [0.25, 0.3) is 0 Å². The van der Waals surface area contributed by atoms with Crippen LogP contribution in [0.15, 0.2) is 0 Å². The predicted molar refractivity (Wildman–Crippen MR) is 66.6 cm³/mol. The van der Waals surface area contributed by atoms with E-state index in [-0.39, 0.29) is 0 Å². The average Bonchev–Trinajstić information content (AvgIpc) is 2.08. The van der Waals surface area contributed by atoms with Crippen LogP contribution in [0, 0.1) is 22.2 Å². The first-order valence-corrected chi connectivity index (χ1v) is 6.90. The van der Waals surface area contributed by atoms with Crippen molar-refractivity contribution in [1.29, 1.82) is 0 Å². The van der Waals surface area contributed by atoms with Crippen molar-refractivity contribution in [3.8, 4) is 0 Å². The first-order chi connectivity index (χ1) is 7.47. The molecule has 4 saturated carbocycles. The second kappa shape index (κ2) is 3.23. The molecular weight excluding hydrogens is 196 g/mol. The molecule has 4 bridgehead atoms. The molecule has 0 aromatic carbocycles. The third-order valence-corrected chi connectivity index (χ3v) is 5.54. The molecule has 0 saturated heterocycles. The molecule has 0 aromatic rings. The van der Waals surface area contributed by atoms with Crippen LogP contribution in [-0.4, -0.2) is 6.54 Å². The molecule has 0 heterocycles. The number of hydrazine groups is 1. The molecule has 2 nitrogen and oxygen atoms in total. The summed E-state index contributed by atoms with van der Waals surface area (Å²) < 4.78 is 0. The first-order valence-electron chi connectivity index (χ1n) is 6.90. The van der Waals surface area contributed by atoms with Crippen LogP contribution in [0.2, 0.25) is 0 Å². The Morgan fingerprint density at radius 1 is 1.06 bits per heavy atom. The smallest absolute Gasteiger partial charge is 0.0103 e. The summed E-state index contributed by atoms with van der Waals surface area (Å²) in [4.78, 5) is 0. The number of rotatable bonds is 3. The van der Waals surface area contributed by atoms with Gasteiger partial charge in [0, 0.05) is 6.54 Å². The Labute approximate surface area is 99.3 Å². The van der Waals surface area contributed by atoms with E-state index >= 15 is 0 Å². The molecule has 16 heavy (non-hydrogen) atoms. The SMILES string of the molecule is CC12CC3CC(C)(C1)CC(CCNN)(C3)C2. The van der Waals surface area contributed by atoms with Gasteiger partial charge < -0.3 is 0 Å². The molecule has 92 valence electrons. The van der Waals surface area contributed by atoms with E-state index in [2.05, 4.69) is 19.3 Å². The Hall–Kier alpha value is -0.0800. The Balaban J connectivity index is 1.86. The van der Waals surface area contributed by atoms with Gasteiger partial charge in [0.2, 0.25) is 0 Å². The highest BCUT2D eigenvalue weighted by atomic mass is 15.2. The largest absolute Gasteiger partial charge is 0.271 e. The Bertz CT molecular complexity index is 281. The van der Waals surface area contributed by atoms with Crippen LogP contribution in [0.1, 0.15) is 58.8 Å². The molecule has 2 unspecified atom stereocenters. The molecule has 0 radical (unpaired) electrons. The minimum atomic E-state index is 0.634. The van der Waals surface area contributed by atoms with Crippen molar-refractivity contribution in [2.24, 2.45) is 28.0 Å². The maximum atomic E-state index is 5.47. The van der Waals surface area contributed by atoms with E-state index in [1.54, 1.807) is 0 Å². The maximum Gasteiger partial charge on any atom is 0.0103 e. The van der Waals surface area contributed by atoms with Crippen molar-refractivity contribution >= 4 is 0 Å². The standard InChI is InChI=1S/C14H26N2/c1-12-5-11-6-13(2,8-12)10-14(7-11,9-12)3-4-16-15/h11,16H,3-10,15H2,1-2H3. The Kier molecular flexibility index (Phi) is 2.23. The topological polar surface area (TPSA) is 38.0 Å². The molecule has 0 aliphatic heterocycles. The van der Waals surface area contributed by atoms with E-state index in [0.29, 0.717) is 16.2 Å². The summed E-state index contributed by atoms with van der Waals surface area (Å²) in [6, 6.07) is 0. The molecule has 0 amide bonds. The van der Waals surface area contributed by atoms with Gasteiger partial charge in [-0.1, -0.05) is 13.8 Å². The molecule has 4 rings (SSSR count). The monoisotopic (exact) mass is 222 g/mol. The highest BCUT2D eigenvalue weighted by Crippen LogP contribution is 2.70. The van der Waals surface area contributed by atoms with Gasteiger partial charge in [-0.3, -0.25) is 11.3 Å². The van der Waals surface area contributed by atoms with Crippen molar-refractivity contribution in [1.82, 2.24) is 5.43 Å². The molecule has 4 aliphatic carbocycles. The van der Waals surface area contributed by atoms with Gasteiger partial charge >= 0.3 is 0 Å². The minimum absolute atomic E-state index is 0.634. The number of nitrogens with one attached hydrogen (secondary N) is 1. The second-order valence-electron chi connectivity index (χ2n) is 7.83. The third-order valence-electron chi connectivity index (χ3n) is 5.54. The Morgan fingerprint density at radius 2 is 1.69 bits per heavy atom. The van der Waals surface area contributed by atoms with E-state index in [0.717, 1.165) is 12.5 Å². The molecule has 4 fully saturated rings. The van der Waals surface area contributed by atoms with E-state index < -0.39 is 0 Å². The summed E-state index contributed by atoms with van der Waals surface area (Å²) in [5.74, 6) is 6.49. The molecule has 0 spiro atoms. The van der Waals surface area contributed by atoms with E-state index in [1.165, 1.54) is 44.9 Å². The van der Waals surface area contributed by atoms with Gasteiger partial charge in [-0.15, -0.1) is 0 Å². The number of hydrogen-bond acceptors (Lipinski definition) is 2. The van der Waals surface area contributed by atoms with Gasteiger partial charge in [0.05, 0.1) is 0 Å². The maximum absolute atomic E-state index is 5.47. The van der Waals surface area contributed by atoms with Crippen LogP contribution in [0.3, 0.4) is 0 Å². The zero-order chi connectivity index (χ0) is 11.4. The average molecular weight is 222 g/mol. The lowest BCUT2D eigenvalue weighted by atomic mass is 9.40. The van der Waals surface area contributed by atoms with Crippen LogP contribution in [0.4, 0.5) is 0 Å². The summed E-state index contributed by atoms with van der Waals surface area (Å²) in [6.07, 6.45) is 10.2. The lowest BCUT2D eigenvalue weighted by molar-refractivity contribution is -0.147. The van der Waals surface area contributed by atoms with Crippen molar-refractivity contribution in [2.75, 3.05) is 6.54 Å². The lowest BCUT2D eigenvalue weighted by Gasteiger charge is -2.65. The lowest BCUT2D eigenvalue weighted by Crippen LogP contribution is -2.55. The fourth-order valence-corrected chi connectivity index (χ4v) is 6.30. The molecule has 0 aromatic heterocycles. The van der Waals surface area contributed by atoms with Crippen molar-refractivity contribution < 1.29 is 0 Å². The van der Waals surface area contributed by atoms with E-state index in [9.17, 15) is 0 Å². The van der Waals surface area contributed by atoms with Crippen LogP contribution < -0.4 is 11.3 Å². The summed E-state index contributed by atoms with van der Waals surface area (Å²) in [5.41, 5.74) is 4.81. The molecule has 2 heteroatoms. The minimum Gasteiger partial charge on any atom is -0.271 e. The normalized spacial score (nSPS) is 54.6. The van der Waals surface area contributed by atoms with Crippen LogP contribution in [-0.2, 0) is 0 Å². The van der Waals surface area contributed by atoms with Gasteiger partial charge in [0.15, 0.2) is 0 Å². The third kappa shape index (κ3) is 1.62. The highest BCUT2D eigenvalue weighted by molar-refractivity contribution is 5.10. The molecule has 3 N–H and O–H groups in total. The van der Waals surface area contributed by atoms with Gasteiger partial charge in [0.25, 0.3) is 0 Å². The summed E-state index contributed by atoms with van der Waals surface area (Å²) in [5, 5.41) is 0. The first kappa shape index (κ1) is 11.0. The van der Waals surface area contributed by atoms with E-state index in [1.807, 2.05) is 0 Å². The summed E-state index contributed by atoms with van der Waals surface area (Å²) in [7, 11) is 0. The van der Waals surface area contributed by atoms with Crippen LogP contribution in [0.5, 0.6) is 0 Å². The van der Waals surface area contributed by atoms with Gasteiger partial charge in [0.1, 0.15) is 0 Å². The number of hydrogen-bond donors (Lipinski definition) is 2. The molecule has 2 atom stereocenters. The predicted octanol–water partition coefficient (Wildman–Crippen LogP) is 2.84. The fraction of sp³-hybridized carbons (Fsp3) is 1.00. The second-order valence-corrected chi connectivity index (χ2v) is 7.83. The summed E-state index contributed by atoms with van der Waals surface area (Å²) in [6.45, 7) is 6.08. The summed E-state index contributed by atoms with van der Waals surface area (Å²) >= 11 is 0. The zero-order valence-corrected chi connectivity index (χ0v) is 10.8. The van der Waals surface area contributed by atoms with Crippen LogP contribution >= 0.6 is 0 Å². The Morgan fingerprint density at radius 3 is 2.19 bits per heavy atom.